The van der Waals surface area contributed by atoms with Gasteiger partial charge in [0.05, 0.1) is 0 Å². The number of rotatable bonds is 22. The minimum Gasteiger partial charge on any atom is -1.00 e. The van der Waals surface area contributed by atoms with E-state index in [4.69, 9.17) is 0 Å². The number of hydrogen-bond acceptors (Lipinski definition) is 28. The number of carboxylic acids is 8. The first kappa shape index (κ1) is 114. The van der Waals surface area contributed by atoms with Crippen molar-refractivity contribution in [1.82, 2.24) is 19.6 Å². The van der Waals surface area contributed by atoms with Gasteiger partial charge in [-0.3, -0.25) is 0 Å². The smallest absolute Gasteiger partial charge is 1.00 e. The van der Waals surface area contributed by atoms with Crippen molar-refractivity contribution in [2.24, 2.45) is 0 Å². The predicted molar refractivity (Wildman–Crippen MR) is 165 cm³/mol. The summed E-state index contributed by atoms with van der Waals surface area (Å²) in [6, 6.07) is 0. The molecule has 0 heterocycles. The predicted octanol–water partition coefficient (Wildman–Crippen LogP) is -35.6. The van der Waals surface area contributed by atoms with Crippen LogP contribution in [0.5, 0.6) is 0 Å². The zero-order valence-corrected chi connectivity index (χ0v) is 48.0. The van der Waals surface area contributed by atoms with Crippen molar-refractivity contribution in [2.45, 2.75) is 49.3 Å². The van der Waals surface area contributed by atoms with E-state index in [0.717, 1.165) is 19.6 Å². The third-order valence-electron chi connectivity index (χ3n) is 6.61. The summed E-state index contributed by atoms with van der Waals surface area (Å²) in [5.74, 6) is -13.7. The van der Waals surface area contributed by atoms with E-state index >= 15 is 0 Å². The van der Waals surface area contributed by atoms with E-state index in [-0.39, 0.29) is 188 Å². The molecule has 0 aliphatic rings. The van der Waals surface area contributed by atoms with Gasteiger partial charge in [0.15, 0.2) is 49.3 Å². The SMILES string of the molecule is [Cl-].[Cl-].[NH3+]C(C(=O)[O-])N(CCN(C([NH3+])C(=O)[O-])C([NH3+])C(=O)[O-])C([NH3+])C(=O)[O-].[NH3+]C(C(=O)[O-])N(CCN(C([NH3+])C(=O)[O-])C([NH3+])C(=O)[O-])C([NH3+])C(=O)[O-].[OH-].[OH-].[OH-].[OH-].[OH-].[OH-].[OH-].[OH-].[Sn+2].[Sn+2].[Sn+2].[Sn+2].[Sn+2]. The Labute approximate surface area is 452 Å². The molecule has 0 aromatic carbocycles. The van der Waals surface area contributed by atoms with Crippen LogP contribution in [0.2, 0.25) is 0 Å². The van der Waals surface area contributed by atoms with E-state index in [1.165, 1.54) is 0 Å². The fraction of sp³-hybridized carbons (Fsp3) is 0.600. The summed E-state index contributed by atoms with van der Waals surface area (Å²) in [4.78, 5) is 90.0. The Hall–Kier alpha value is -0.466. The molecule has 366 valence electrons. The Morgan fingerprint density at radius 1 is 0.270 bits per heavy atom. The molecule has 36 nitrogen and oxygen atoms in total. The van der Waals surface area contributed by atoms with Gasteiger partial charge < -0.3 is 194 Å². The molecule has 8 unspecified atom stereocenters. The summed E-state index contributed by atoms with van der Waals surface area (Å²) in [6.07, 6.45) is -13.3. The second-order valence-corrected chi connectivity index (χ2v) is 9.63. The van der Waals surface area contributed by atoms with Crippen molar-refractivity contribution in [3.8, 4) is 0 Å². The molecular formula is C20H48Cl2N12O24Sn5. The van der Waals surface area contributed by atoms with E-state index in [1.54, 1.807) is 0 Å². The molecule has 10 radical (unpaired) electrons. The number of hydrogen-bond donors (Lipinski definition) is 8. The molecule has 63 heavy (non-hydrogen) atoms. The number of carboxylic acid groups (broad SMARTS) is 8. The van der Waals surface area contributed by atoms with Gasteiger partial charge in [0.25, 0.3) is 0 Å². The van der Waals surface area contributed by atoms with E-state index < -0.39 is 123 Å². The van der Waals surface area contributed by atoms with Crippen LogP contribution in [-0.4, -0.2) is 306 Å². The third kappa shape index (κ3) is 40.3. The molecule has 0 bridgehead atoms. The van der Waals surface area contributed by atoms with Crippen molar-refractivity contribution in [1.29, 1.82) is 0 Å². The van der Waals surface area contributed by atoms with Crippen LogP contribution in [0.1, 0.15) is 0 Å². The second kappa shape index (κ2) is 55.9. The number of aliphatic carboxylic acids is 8. The van der Waals surface area contributed by atoms with Crippen molar-refractivity contribution < 1.29 is 194 Å². The van der Waals surface area contributed by atoms with Crippen LogP contribution in [0.3, 0.4) is 0 Å². The molecule has 0 amide bonds. The average molecular weight is 1510 g/mol. The fourth-order valence-corrected chi connectivity index (χ4v) is 3.66. The second-order valence-electron chi connectivity index (χ2n) is 9.63. The van der Waals surface area contributed by atoms with Crippen LogP contribution in [0.15, 0.2) is 0 Å². The molecule has 32 N–H and O–H groups in total. The van der Waals surface area contributed by atoms with E-state index in [0.29, 0.717) is 0 Å². The molecular weight excluding hydrogens is 1460 g/mol. The normalized spacial score (nSPS) is 12.5. The molecule has 0 fully saturated rings. The van der Waals surface area contributed by atoms with Crippen LogP contribution in [0, 0.1) is 0 Å². The summed E-state index contributed by atoms with van der Waals surface area (Å²) < 4.78 is 0. The van der Waals surface area contributed by atoms with Gasteiger partial charge in [0, 0.05) is 26.2 Å². The maximum atomic E-state index is 10.9. The van der Waals surface area contributed by atoms with Gasteiger partial charge in [0.1, 0.15) is 47.8 Å². The Morgan fingerprint density at radius 2 is 0.333 bits per heavy atom. The van der Waals surface area contributed by atoms with E-state index in [1.807, 2.05) is 0 Å². The maximum absolute atomic E-state index is 10.9. The Morgan fingerprint density at radius 3 is 0.381 bits per heavy atom. The van der Waals surface area contributed by atoms with E-state index in [9.17, 15) is 79.2 Å². The Kier molecular flexibility index (Phi) is 101. The van der Waals surface area contributed by atoms with Crippen molar-refractivity contribution in [2.75, 3.05) is 26.2 Å². The van der Waals surface area contributed by atoms with Gasteiger partial charge in [0.2, 0.25) is 0 Å². The van der Waals surface area contributed by atoms with Gasteiger partial charge >= 0.3 is 120 Å². The molecule has 8 atom stereocenters. The largest absolute Gasteiger partial charge is 2.00 e. The molecule has 0 saturated heterocycles. The molecule has 0 rings (SSSR count). The fourth-order valence-electron chi connectivity index (χ4n) is 3.66. The quantitative estimate of drug-likeness (QED) is 0.0369. The minimum atomic E-state index is -1.71. The number of carbonyl (C=O) groups excluding carboxylic acids is 8. The summed E-state index contributed by atoms with van der Waals surface area (Å²) in [5.41, 5.74) is 25.6. The topological polar surface area (TPSA) is 795 Å². The first-order chi connectivity index (χ1) is 21.8. The zero-order chi connectivity index (χ0) is 38.4. The maximum Gasteiger partial charge on any atom is 2.00 e. The number of carbonyl (C=O) groups is 8. The van der Waals surface area contributed by atoms with Crippen LogP contribution in [-0.2, 0) is 38.4 Å². The van der Waals surface area contributed by atoms with Gasteiger partial charge in [-0.15, -0.1) is 0 Å². The number of halogens is 2. The Balaban J connectivity index is -0.0000000362. The number of nitrogens with zero attached hydrogens (tertiary/aromatic N) is 4. The third-order valence-corrected chi connectivity index (χ3v) is 6.61. The summed E-state index contributed by atoms with van der Waals surface area (Å²) >= 11 is 0. The molecule has 0 spiro atoms. The number of quaternary nitrogens is 8. The van der Waals surface area contributed by atoms with Crippen LogP contribution in [0.4, 0.5) is 0 Å². The minimum absolute atomic E-state index is 0. The molecule has 43 heteroatoms. The van der Waals surface area contributed by atoms with Crippen LogP contribution in [0.25, 0.3) is 0 Å². The zero-order valence-electron chi connectivity index (χ0n) is 32.3. The Bertz CT molecular complexity index is 972. The molecule has 0 aromatic heterocycles. The molecule has 0 aliphatic heterocycles. The summed E-state index contributed by atoms with van der Waals surface area (Å²) in [6.45, 7) is -1.82. The van der Waals surface area contributed by atoms with Gasteiger partial charge in [-0.25, -0.2) is 0 Å². The van der Waals surface area contributed by atoms with Crippen molar-refractivity contribution in [3.05, 3.63) is 0 Å². The average Bonchev–Trinajstić information content (AvgIpc) is 2.98. The standard InChI is InChI=1S/2C10H20N6O8.2ClH.8H2O.5Sn/c2*11-3(7(17)18)15(4(12)8(19)20)1-2-16(5(13)9(21)22)6(14)10(23)24;;;;;;;;;;;;;;;/h2*3-6H,1-2,11-14H2,(H,17,18)(H,19,20)(H,21,22)(H,23,24);2*1H;8*1H2;;;;;/q;;;;;;;;;;;;5*+2/p-10. The van der Waals surface area contributed by atoms with Crippen molar-refractivity contribution in [3.63, 3.8) is 0 Å². The molecule has 0 saturated carbocycles. The van der Waals surface area contributed by atoms with Gasteiger partial charge in [-0.1, -0.05) is 0 Å². The van der Waals surface area contributed by atoms with Crippen LogP contribution < -0.4 is 112 Å². The van der Waals surface area contributed by atoms with Gasteiger partial charge in [-0.2, -0.15) is 19.6 Å². The van der Waals surface area contributed by atoms with E-state index in [2.05, 4.69) is 45.9 Å². The summed E-state index contributed by atoms with van der Waals surface area (Å²) in [5, 5.41) is 87.1. The molecule has 0 aliphatic carbocycles. The first-order valence-corrected chi connectivity index (χ1v) is 13.2. The van der Waals surface area contributed by atoms with Crippen molar-refractivity contribution >= 4 is 167 Å². The van der Waals surface area contributed by atoms with Gasteiger partial charge in [-0.05, 0) is 0 Å². The first-order valence-electron chi connectivity index (χ1n) is 13.2. The molecule has 0 aromatic rings. The van der Waals surface area contributed by atoms with Crippen LogP contribution >= 0.6 is 0 Å². The summed E-state index contributed by atoms with van der Waals surface area (Å²) in [7, 11) is 0. The monoisotopic (exact) mass is 1510 g/mol.